The Morgan fingerprint density at radius 2 is 2.08 bits per heavy atom. The Hall–Kier alpha value is -3.02. The zero-order valence-electron chi connectivity index (χ0n) is 21.2. The number of hydrogen-bond donors (Lipinski definition) is 2. The van der Waals surface area contributed by atoms with Crippen LogP contribution in [0.1, 0.15) is 69.7 Å². The Morgan fingerprint density at radius 3 is 2.92 bits per heavy atom. The maximum Gasteiger partial charge on any atom is 0.263 e. The first-order chi connectivity index (χ1) is 18.0. The lowest BCUT2D eigenvalue weighted by atomic mass is 9.76. The van der Waals surface area contributed by atoms with Gasteiger partial charge in [-0.2, -0.15) is 5.26 Å². The van der Waals surface area contributed by atoms with E-state index in [0.29, 0.717) is 26.8 Å². The van der Waals surface area contributed by atoms with Crippen LogP contribution in [0.4, 0.5) is 5.69 Å². The highest BCUT2D eigenvalue weighted by Crippen LogP contribution is 2.47. The number of piperidine rings is 1. The number of anilines is 1. The number of aryl methyl sites for hydroxylation is 2. The monoisotopic (exact) mass is 512 g/mol. The molecule has 5 atom stereocenters. The highest BCUT2D eigenvalue weighted by molar-refractivity contribution is 7.21. The minimum atomic E-state index is -0.164. The SMILES string of the molecule is Cc1cnc2c(N)c(C(=O)N[C@H]3CCc4cc(CC5CC6CCC7CC5CN67)c(C#N)cc4C3)sc2n1. The summed E-state index contributed by atoms with van der Waals surface area (Å²) < 4.78 is 0. The van der Waals surface area contributed by atoms with Crippen LogP contribution in [0.3, 0.4) is 0 Å². The predicted molar refractivity (Wildman–Crippen MR) is 144 cm³/mol. The van der Waals surface area contributed by atoms with E-state index in [1.165, 1.54) is 60.3 Å². The summed E-state index contributed by atoms with van der Waals surface area (Å²) in [6, 6.07) is 8.52. The molecule has 2 aromatic heterocycles. The first-order valence-electron chi connectivity index (χ1n) is 13.6. The fraction of sp³-hybridized carbons (Fsp3) is 0.517. The van der Waals surface area contributed by atoms with E-state index in [9.17, 15) is 10.1 Å². The second-order valence-electron chi connectivity index (χ2n) is 11.6. The van der Waals surface area contributed by atoms with Crippen molar-refractivity contribution in [3.63, 3.8) is 0 Å². The minimum Gasteiger partial charge on any atom is -0.396 e. The number of carbonyl (C=O) groups excluding carboxylic acids is 1. The number of amides is 1. The Bertz CT molecular complexity index is 1450. The van der Waals surface area contributed by atoms with Crippen molar-refractivity contribution in [2.45, 2.75) is 76.4 Å². The normalized spacial score (nSPS) is 28.3. The van der Waals surface area contributed by atoms with Gasteiger partial charge in [0.2, 0.25) is 0 Å². The topological polar surface area (TPSA) is 108 Å². The molecular formula is C29H32N6OS. The summed E-state index contributed by atoms with van der Waals surface area (Å²) >= 11 is 1.30. The number of nitrogen functional groups attached to an aromatic ring is 1. The molecule has 4 unspecified atom stereocenters. The highest BCUT2D eigenvalue weighted by atomic mass is 32.1. The molecule has 1 aliphatic carbocycles. The average molecular weight is 513 g/mol. The number of nitrogens with one attached hydrogen (secondary N) is 1. The number of thiophene rings is 1. The first kappa shape index (κ1) is 23.1. The van der Waals surface area contributed by atoms with Gasteiger partial charge < -0.3 is 11.1 Å². The van der Waals surface area contributed by atoms with Crippen LogP contribution in [0.15, 0.2) is 18.3 Å². The fourth-order valence-electron chi connectivity index (χ4n) is 7.58. The molecule has 5 heterocycles. The molecule has 3 N–H and O–H groups in total. The summed E-state index contributed by atoms with van der Waals surface area (Å²) in [7, 11) is 0. The Kier molecular flexibility index (Phi) is 5.49. The number of nitrogens with zero attached hydrogens (tertiary/aromatic N) is 4. The molecule has 7 rings (SSSR count). The zero-order chi connectivity index (χ0) is 25.3. The third kappa shape index (κ3) is 3.91. The average Bonchev–Trinajstić information content (AvgIpc) is 3.54. The summed E-state index contributed by atoms with van der Waals surface area (Å²) in [6.45, 7) is 3.15. The molecule has 7 nitrogen and oxygen atoms in total. The second kappa shape index (κ2) is 8.78. The van der Waals surface area contributed by atoms with Gasteiger partial charge in [-0.15, -0.1) is 11.3 Å². The molecule has 1 amide bonds. The van der Waals surface area contributed by atoms with Crippen LogP contribution in [0.25, 0.3) is 10.3 Å². The van der Waals surface area contributed by atoms with Crippen molar-refractivity contribution >= 4 is 33.3 Å². The summed E-state index contributed by atoms with van der Waals surface area (Å²) in [4.78, 5) is 25.9. The molecule has 190 valence electrons. The van der Waals surface area contributed by atoms with E-state index in [2.05, 4.69) is 38.4 Å². The third-order valence-electron chi connectivity index (χ3n) is 9.39. The molecule has 0 spiro atoms. The van der Waals surface area contributed by atoms with Crippen LogP contribution in [-0.4, -0.2) is 45.4 Å². The summed E-state index contributed by atoms with van der Waals surface area (Å²) in [5, 5.41) is 13.2. The van der Waals surface area contributed by atoms with Crippen molar-refractivity contribution in [1.82, 2.24) is 20.2 Å². The largest absolute Gasteiger partial charge is 0.396 e. The van der Waals surface area contributed by atoms with Crippen molar-refractivity contribution in [2.75, 3.05) is 12.3 Å². The van der Waals surface area contributed by atoms with E-state index in [1.54, 1.807) is 6.20 Å². The van der Waals surface area contributed by atoms with Gasteiger partial charge in [0.05, 0.1) is 23.0 Å². The Labute approximate surface area is 221 Å². The maximum atomic E-state index is 13.1. The molecule has 37 heavy (non-hydrogen) atoms. The zero-order valence-corrected chi connectivity index (χ0v) is 22.0. The third-order valence-corrected chi connectivity index (χ3v) is 10.5. The van der Waals surface area contributed by atoms with E-state index in [4.69, 9.17) is 5.73 Å². The van der Waals surface area contributed by atoms with E-state index >= 15 is 0 Å². The standard InChI is InChI=1S/C29H32N6OS/c1-15-13-32-26-25(31)27(37-29(26)33-15)28(36)34-22-3-2-16-6-17(20(12-30)8-18(16)9-22)7-19-10-23-4-5-24-11-21(19)14-35(23)24/h6,8,13,19,21-24H,2-5,7,9-11,14,31H2,1H3,(H,34,36)/t19?,21?,22-,23?,24?/m0/s1. The Balaban J connectivity index is 1.07. The van der Waals surface area contributed by atoms with Crippen LogP contribution in [0.2, 0.25) is 0 Å². The van der Waals surface area contributed by atoms with E-state index in [0.717, 1.165) is 54.9 Å². The van der Waals surface area contributed by atoms with Crippen LogP contribution >= 0.6 is 11.3 Å². The molecule has 3 saturated heterocycles. The molecule has 8 heteroatoms. The number of nitriles is 1. The van der Waals surface area contributed by atoms with Gasteiger partial charge in [0.1, 0.15) is 15.2 Å². The molecule has 3 aromatic rings. The van der Waals surface area contributed by atoms with Gasteiger partial charge in [0.15, 0.2) is 0 Å². The second-order valence-corrected chi connectivity index (χ2v) is 12.6. The van der Waals surface area contributed by atoms with E-state index in [1.807, 2.05) is 6.92 Å². The molecule has 0 saturated carbocycles. The van der Waals surface area contributed by atoms with Gasteiger partial charge in [-0.3, -0.25) is 9.69 Å². The van der Waals surface area contributed by atoms with Crippen molar-refractivity contribution in [2.24, 2.45) is 11.8 Å². The minimum absolute atomic E-state index is 0.0167. The predicted octanol–water partition coefficient (Wildman–Crippen LogP) is 4.16. The van der Waals surface area contributed by atoms with Crippen LogP contribution < -0.4 is 11.1 Å². The van der Waals surface area contributed by atoms with E-state index in [-0.39, 0.29) is 11.9 Å². The van der Waals surface area contributed by atoms with Crippen LogP contribution in [0.5, 0.6) is 0 Å². The van der Waals surface area contributed by atoms with Crippen molar-refractivity contribution in [1.29, 1.82) is 5.26 Å². The molecule has 4 aliphatic rings. The molecule has 3 fully saturated rings. The Morgan fingerprint density at radius 1 is 1.24 bits per heavy atom. The van der Waals surface area contributed by atoms with Gasteiger partial charge in [0, 0.05) is 30.9 Å². The van der Waals surface area contributed by atoms with Crippen molar-refractivity contribution in [3.8, 4) is 6.07 Å². The van der Waals surface area contributed by atoms with Gasteiger partial charge in [0.25, 0.3) is 5.91 Å². The smallest absolute Gasteiger partial charge is 0.263 e. The van der Waals surface area contributed by atoms with Gasteiger partial charge in [-0.1, -0.05) is 6.07 Å². The number of fused-ring (bicyclic) bond motifs is 3. The number of aromatic nitrogens is 2. The molecule has 3 aliphatic heterocycles. The number of nitrogens with two attached hydrogens (primary N) is 1. The lowest BCUT2D eigenvalue weighted by Crippen LogP contribution is -2.40. The summed E-state index contributed by atoms with van der Waals surface area (Å²) in [6.07, 6.45) is 10.6. The lowest BCUT2D eigenvalue weighted by Gasteiger charge is -2.36. The molecule has 1 aromatic carbocycles. The van der Waals surface area contributed by atoms with Crippen LogP contribution in [-0.2, 0) is 19.3 Å². The first-order valence-corrected chi connectivity index (χ1v) is 14.4. The van der Waals surface area contributed by atoms with Crippen molar-refractivity contribution in [3.05, 3.63) is 51.2 Å². The van der Waals surface area contributed by atoms with Crippen molar-refractivity contribution < 1.29 is 4.79 Å². The molecule has 2 bridgehead atoms. The van der Waals surface area contributed by atoms with Crippen LogP contribution in [0, 0.1) is 30.1 Å². The maximum absolute atomic E-state index is 13.1. The highest BCUT2D eigenvalue weighted by Gasteiger charge is 2.48. The van der Waals surface area contributed by atoms with Gasteiger partial charge >= 0.3 is 0 Å². The fourth-order valence-corrected chi connectivity index (χ4v) is 8.58. The number of hydrogen-bond acceptors (Lipinski definition) is 7. The quantitative estimate of drug-likeness (QED) is 0.544. The van der Waals surface area contributed by atoms with Gasteiger partial charge in [-0.05, 0) is 92.9 Å². The lowest BCUT2D eigenvalue weighted by molar-refractivity contribution is 0.0938. The summed E-state index contributed by atoms with van der Waals surface area (Å²) in [5.41, 5.74) is 12.6. The summed E-state index contributed by atoms with van der Waals surface area (Å²) in [5.74, 6) is 1.33. The molecular weight excluding hydrogens is 480 g/mol. The molecule has 0 radical (unpaired) electrons. The number of carbonyl (C=O) groups is 1. The van der Waals surface area contributed by atoms with Gasteiger partial charge in [-0.25, -0.2) is 9.97 Å². The number of benzene rings is 1. The van der Waals surface area contributed by atoms with E-state index < -0.39 is 0 Å². The number of rotatable bonds is 4.